The third kappa shape index (κ3) is 2.13. The number of furan rings is 1. The summed E-state index contributed by atoms with van der Waals surface area (Å²) < 4.78 is 7.28. The number of nitrogens with two attached hydrogens (primary N) is 1. The van der Waals surface area contributed by atoms with E-state index in [2.05, 4.69) is 15.9 Å². The second-order valence-corrected chi connectivity index (χ2v) is 5.95. The first-order chi connectivity index (χ1) is 9.58. The van der Waals surface area contributed by atoms with Gasteiger partial charge in [-0.2, -0.15) is 0 Å². The lowest BCUT2D eigenvalue weighted by Gasteiger charge is -2.07. The first-order valence-corrected chi connectivity index (χ1v) is 7.40. The normalized spacial score (nSPS) is 12.7. The van der Waals surface area contributed by atoms with E-state index in [0.717, 1.165) is 20.1 Å². The Labute approximate surface area is 126 Å². The van der Waals surface area contributed by atoms with E-state index in [1.54, 1.807) is 17.4 Å². The fraction of sp³-hybridized carbons (Fsp3) is 0.0769. The first-order valence-electron chi connectivity index (χ1n) is 5.73. The zero-order valence-electron chi connectivity index (χ0n) is 10.1. The molecule has 20 heavy (non-hydrogen) atoms. The number of nitro groups is 1. The minimum Gasteiger partial charge on any atom is -0.404 e. The summed E-state index contributed by atoms with van der Waals surface area (Å²) >= 11 is 5.07. The highest BCUT2D eigenvalue weighted by Crippen LogP contribution is 2.37. The molecule has 0 saturated carbocycles. The molecule has 2 heterocycles. The molecule has 1 atom stereocenters. The molecule has 0 amide bonds. The number of fused-ring (bicyclic) bond motifs is 1. The minimum absolute atomic E-state index is 0.295. The number of hydrogen-bond acceptors (Lipinski definition) is 5. The van der Waals surface area contributed by atoms with Crippen LogP contribution in [0.25, 0.3) is 10.1 Å². The third-order valence-corrected chi connectivity index (χ3v) is 4.99. The van der Waals surface area contributed by atoms with Crippen molar-refractivity contribution in [1.82, 2.24) is 0 Å². The SMILES string of the molecule is NC(c1ccc([N+](=O)[O-])o1)c1csc2c(Br)cccc12. The molecule has 0 saturated heterocycles. The van der Waals surface area contributed by atoms with Crippen LogP contribution in [0.5, 0.6) is 0 Å². The van der Waals surface area contributed by atoms with Crippen molar-refractivity contribution in [3.63, 3.8) is 0 Å². The molecule has 1 unspecified atom stereocenters. The van der Waals surface area contributed by atoms with Crippen molar-refractivity contribution in [2.45, 2.75) is 6.04 Å². The maximum absolute atomic E-state index is 10.6. The minimum atomic E-state index is -0.571. The summed E-state index contributed by atoms with van der Waals surface area (Å²) in [4.78, 5) is 10.1. The Morgan fingerprint density at radius 3 is 2.85 bits per heavy atom. The largest absolute Gasteiger partial charge is 0.433 e. The van der Waals surface area contributed by atoms with Crippen LogP contribution >= 0.6 is 27.3 Å². The number of rotatable bonds is 3. The number of hydrogen-bond donors (Lipinski definition) is 1. The molecular formula is C13H9BrN2O3S. The average molecular weight is 353 g/mol. The Hall–Kier alpha value is -1.70. The highest BCUT2D eigenvalue weighted by Gasteiger charge is 2.21. The Balaban J connectivity index is 2.05. The van der Waals surface area contributed by atoms with E-state index in [0.29, 0.717) is 5.76 Å². The van der Waals surface area contributed by atoms with E-state index in [1.807, 2.05) is 23.6 Å². The van der Waals surface area contributed by atoms with Gasteiger partial charge in [0.1, 0.15) is 10.7 Å². The molecule has 3 aromatic rings. The maximum atomic E-state index is 10.6. The van der Waals surface area contributed by atoms with Crippen molar-refractivity contribution in [1.29, 1.82) is 0 Å². The lowest BCUT2D eigenvalue weighted by atomic mass is 10.0. The van der Waals surface area contributed by atoms with Crippen molar-refractivity contribution >= 4 is 43.2 Å². The molecule has 5 nitrogen and oxygen atoms in total. The molecule has 2 aromatic heterocycles. The zero-order chi connectivity index (χ0) is 14.3. The van der Waals surface area contributed by atoms with Crippen molar-refractivity contribution in [2.24, 2.45) is 5.73 Å². The van der Waals surface area contributed by atoms with Crippen LogP contribution in [0.2, 0.25) is 0 Å². The van der Waals surface area contributed by atoms with Gasteiger partial charge in [0.2, 0.25) is 0 Å². The lowest BCUT2D eigenvalue weighted by Crippen LogP contribution is -2.10. The van der Waals surface area contributed by atoms with Gasteiger partial charge in [0.05, 0.1) is 12.1 Å². The molecule has 102 valence electrons. The molecule has 2 N–H and O–H groups in total. The van der Waals surface area contributed by atoms with E-state index < -0.39 is 11.0 Å². The Bertz CT molecular complexity index is 796. The second kappa shape index (κ2) is 5.01. The fourth-order valence-electron chi connectivity index (χ4n) is 2.04. The molecule has 0 aliphatic rings. The smallest absolute Gasteiger partial charge is 0.404 e. The van der Waals surface area contributed by atoms with E-state index in [4.69, 9.17) is 10.2 Å². The fourth-order valence-corrected chi connectivity index (χ4v) is 3.70. The number of thiophene rings is 1. The van der Waals surface area contributed by atoms with Crippen LogP contribution in [0.4, 0.5) is 5.88 Å². The summed E-state index contributed by atoms with van der Waals surface area (Å²) in [5.41, 5.74) is 7.06. The molecule has 3 rings (SSSR count). The third-order valence-electron chi connectivity index (χ3n) is 3.02. The van der Waals surface area contributed by atoms with E-state index in [-0.39, 0.29) is 5.88 Å². The average Bonchev–Trinajstić information content (AvgIpc) is 3.05. The molecule has 0 bridgehead atoms. The van der Waals surface area contributed by atoms with Crippen LogP contribution in [-0.2, 0) is 0 Å². The number of halogens is 1. The van der Waals surface area contributed by atoms with Crippen LogP contribution in [0.3, 0.4) is 0 Å². The van der Waals surface area contributed by atoms with Crippen molar-refractivity contribution < 1.29 is 9.34 Å². The number of benzene rings is 1. The quantitative estimate of drug-likeness (QED) is 0.565. The van der Waals surface area contributed by atoms with Crippen molar-refractivity contribution in [2.75, 3.05) is 0 Å². The predicted octanol–water partition coefficient (Wildman–Crippen LogP) is 4.21. The standard InChI is InChI=1S/C13H9BrN2O3S/c14-9-3-1-2-7-8(6-20-13(7)9)12(15)10-4-5-11(19-10)16(17)18/h1-6,12H,15H2. The van der Waals surface area contributed by atoms with Gasteiger partial charge in [-0.15, -0.1) is 11.3 Å². The van der Waals surface area contributed by atoms with Crippen molar-refractivity contribution in [3.05, 3.63) is 61.6 Å². The van der Waals surface area contributed by atoms with E-state index in [1.165, 1.54) is 6.07 Å². The van der Waals surface area contributed by atoms with Gasteiger partial charge in [-0.3, -0.25) is 10.1 Å². The molecule has 0 radical (unpaired) electrons. The topological polar surface area (TPSA) is 82.3 Å². The monoisotopic (exact) mass is 352 g/mol. The van der Waals surface area contributed by atoms with Crippen LogP contribution < -0.4 is 5.73 Å². The van der Waals surface area contributed by atoms with Gasteiger partial charge in [0.25, 0.3) is 0 Å². The van der Waals surface area contributed by atoms with Crippen molar-refractivity contribution in [3.8, 4) is 0 Å². The van der Waals surface area contributed by atoms with Crippen LogP contribution in [0.15, 0.2) is 44.6 Å². The van der Waals surface area contributed by atoms with E-state index >= 15 is 0 Å². The highest BCUT2D eigenvalue weighted by molar-refractivity contribution is 9.10. The van der Waals surface area contributed by atoms with Gasteiger partial charge >= 0.3 is 5.88 Å². The van der Waals surface area contributed by atoms with Gasteiger partial charge in [0, 0.05) is 9.17 Å². The molecule has 7 heteroatoms. The summed E-state index contributed by atoms with van der Waals surface area (Å²) in [7, 11) is 0. The van der Waals surface area contributed by atoms with Gasteiger partial charge < -0.3 is 10.2 Å². The van der Waals surface area contributed by atoms with Gasteiger partial charge in [-0.05, 0) is 44.4 Å². The first kappa shape index (κ1) is 13.3. The highest BCUT2D eigenvalue weighted by atomic mass is 79.9. The Morgan fingerprint density at radius 1 is 1.35 bits per heavy atom. The summed E-state index contributed by atoms with van der Waals surface area (Å²) in [5, 5.41) is 13.6. The van der Waals surface area contributed by atoms with Gasteiger partial charge in [-0.25, -0.2) is 0 Å². The molecule has 0 aliphatic carbocycles. The molecule has 0 spiro atoms. The van der Waals surface area contributed by atoms with Crippen LogP contribution in [0.1, 0.15) is 17.4 Å². The Kier molecular flexibility index (Phi) is 3.33. The summed E-state index contributed by atoms with van der Waals surface area (Å²) in [5.74, 6) is 0.0903. The second-order valence-electron chi connectivity index (χ2n) is 4.22. The van der Waals surface area contributed by atoms with Gasteiger partial charge in [0.15, 0.2) is 0 Å². The maximum Gasteiger partial charge on any atom is 0.433 e. The summed E-state index contributed by atoms with van der Waals surface area (Å²) in [6.45, 7) is 0. The summed E-state index contributed by atoms with van der Waals surface area (Å²) in [6, 6.07) is 8.21. The van der Waals surface area contributed by atoms with Crippen LogP contribution in [0, 0.1) is 10.1 Å². The zero-order valence-corrected chi connectivity index (χ0v) is 12.5. The van der Waals surface area contributed by atoms with Gasteiger partial charge in [-0.1, -0.05) is 12.1 Å². The predicted molar refractivity (Wildman–Crippen MR) is 80.9 cm³/mol. The molecule has 1 aromatic carbocycles. The molecular weight excluding hydrogens is 344 g/mol. The number of nitrogens with zero attached hydrogens (tertiary/aromatic N) is 1. The van der Waals surface area contributed by atoms with E-state index in [9.17, 15) is 10.1 Å². The van der Waals surface area contributed by atoms with Crippen LogP contribution in [-0.4, -0.2) is 4.92 Å². The summed E-state index contributed by atoms with van der Waals surface area (Å²) in [6.07, 6.45) is 0. The Morgan fingerprint density at radius 2 is 2.15 bits per heavy atom. The molecule has 0 aliphatic heterocycles. The lowest BCUT2D eigenvalue weighted by molar-refractivity contribution is -0.402. The molecule has 0 fully saturated rings.